The van der Waals surface area contributed by atoms with Crippen LogP contribution in [-0.4, -0.2) is 59.5 Å². The molecule has 0 saturated carbocycles. The Morgan fingerprint density at radius 2 is 1.87 bits per heavy atom. The topological polar surface area (TPSA) is 86.8 Å². The van der Waals surface area contributed by atoms with Crippen molar-refractivity contribution in [3.8, 4) is 5.75 Å². The van der Waals surface area contributed by atoms with Crippen LogP contribution in [0.4, 0.5) is 4.79 Å². The molecule has 1 aromatic carbocycles. The van der Waals surface area contributed by atoms with E-state index in [1.807, 2.05) is 42.5 Å². The van der Waals surface area contributed by atoms with Gasteiger partial charge in [-0.25, -0.2) is 4.79 Å². The Morgan fingerprint density at radius 1 is 1.10 bits per heavy atom. The van der Waals surface area contributed by atoms with Crippen LogP contribution in [0.1, 0.15) is 17.4 Å². The summed E-state index contributed by atoms with van der Waals surface area (Å²) in [4.78, 5) is 32.8. The van der Waals surface area contributed by atoms with Crippen molar-refractivity contribution in [3.63, 3.8) is 0 Å². The standard InChI is InChI=1S/C21H25N5O3S/c1-25-18-16(20(27)26(2)21(25)28)19(30-12-13-8-6-7-11-22-13)24-17(23-18)14-9-4-5-10-15(14)29-3/h4-11,16-19,23-24H,12H2,1-3H3. The van der Waals surface area contributed by atoms with Crippen LogP contribution >= 0.6 is 11.8 Å². The molecule has 1 aromatic heterocycles. The van der Waals surface area contributed by atoms with E-state index in [4.69, 9.17) is 4.74 Å². The van der Waals surface area contributed by atoms with Gasteiger partial charge in [0.2, 0.25) is 5.91 Å². The third kappa shape index (κ3) is 3.76. The highest BCUT2D eigenvalue weighted by Crippen LogP contribution is 2.37. The van der Waals surface area contributed by atoms with E-state index in [0.29, 0.717) is 5.75 Å². The first kappa shape index (κ1) is 20.6. The number of hydrogen-bond donors (Lipinski definition) is 2. The van der Waals surface area contributed by atoms with E-state index in [1.54, 1.807) is 37.0 Å². The van der Waals surface area contributed by atoms with Crippen molar-refractivity contribution < 1.29 is 14.3 Å². The number of aromatic nitrogens is 1. The maximum Gasteiger partial charge on any atom is 0.327 e. The number of para-hydroxylation sites is 1. The lowest BCUT2D eigenvalue weighted by Gasteiger charge is -2.50. The number of ether oxygens (including phenoxy) is 1. The number of pyridine rings is 1. The second-order valence-electron chi connectivity index (χ2n) is 7.32. The van der Waals surface area contributed by atoms with E-state index in [-0.39, 0.29) is 23.5 Å². The van der Waals surface area contributed by atoms with Crippen molar-refractivity contribution in [3.05, 3.63) is 59.9 Å². The van der Waals surface area contributed by atoms with Crippen LogP contribution in [0.25, 0.3) is 0 Å². The third-order valence-corrected chi connectivity index (χ3v) is 6.79. The summed E-state index contributed by atoms with van der Waals surface area (Å²) >= 11 is 1.62. The second-order valence-corrected chi connectivity index (χ2v) is 8.45. The largest absolute Gasteiger partial charge is 0.496 e. The molecule has 3 heterocycles. The molecule has 2 fully saturated rings. The molecular weight excluding hydrogens is 402 g/mol. The first-order valence-electron chi connectivity index (χ1n) is 9.72. The van der Waals surface area contributed by atoms with E-state index < -0.39 is 12.1 Å². The number of carbonyl (C=O) groups excluding carboxylic acids is 2. The molecule has 8 nitrogen and oxygen atoms in total. The summed E-state index contributed by atoms with van der Waals surface area (Å²) in [5.41, 5.74) is 1.86. The lowest BCUT2D eigenvalue weighted by Crippen LogP contribution is -2.72. The summed E-state index contributed by atoms with van der Waals surface area (Å²) in [5.74, 6) is 0.759. The number of fused-ring (bicyclic) bond motifs is 1. The van der Waals surface area contributed by atoms with Crippen molar-refractivity contribution in [2.75, 3.05) is 21.2 Å². The lowest BCUT2D eigenvalue weighted by atomic mass is 9.95. The molecule has 4 atom stereocenters. The summed E-state index contributed by atoms with van der Waals surface area (Å²) in [5, 5.41) is 6.78. The van der Waals surface area contributed by atoms with E-state index in [0.717, 1.165) is 17.0 Å². The van der Waals surface area contributed by atoms with Crippen molar-refractivity contribution in [2.24, 2.45) is 5.92 Å². The lowest BCUT2D eigenvalue weighted by molar-refractivity contribution is -0.140. The molecule has 2 N–H and O–H groups in total. The average Bonchev–Trinajstić information content (AvgIpc) is 2.80. The van der Waals surface area contributed by atoms with Gasteiger partial charge in [-0.3, -0.25) is 25.3 Å². The monoisotopic (exact) mass is 427 g/mol. The Kier molecular flexibility index (Phi) is 5.94. The molecule has 4 unspecified atom stereocenters. The molecular formula is C21H25N5O3S. The van der Waals surface area contributed by atoms with Gasteiger partial charge < -0.3 is 9.64 Å². The minimum atomic E-state index is -0.433. The van der Waals surface area contributed by atoms with Gasteiger partial charge >= 0.3 is 6.03 Å². The average molecular weight is 428 g/mol. The summed E-state index contributed by atoms with van der Waals surface area (Å²) in [6, 6.07) is 13.2. The Bertz CT molecular complexity index is 928. The molecule has 2 saturated heterocycles. The first-order chi connectivity index (χ1) is 14.5. The van der Waals surface area contributed by atoms with Crippen molar-refractivity contribution in [2.45, 2.75) is 23.5 Å². The van der Waals surface area contributed by atoms with Crippen LogP contribution in [0, 0.1) is 5.92 Å². The molecule has 2 aliphatic rings. The van der Waals surface area contributed by atoms with Crippen molar-refractivity contribution >= 4 is 23.7 Å². The van der Waals surface area contributed by atoms with Gasteiger partial charge in [0, 0.05) is 31.6 Å². The number of benzene rings is 1. The number of nitrogens with zero attached hydrogens (tertiary/aromatic N) is 3. The van der Waals surface area contributed by atoms with Crippen LogP contribution in [0.5, 0.6) is 5.75 Å². The van der Waals surface area contributed by atoms with Crippen molar-refractivity contribution in [1.82, 2.24) is 25.4 Å². The van der Waals surface area contributed by atoms with E-state index in [9.17, 15) is 9.59 Å². The zero-order valence-corrected chi connectivity index (χ0v) is 17.9. The van der Waals surface area contributed by atoms with Crippen LogP contribution in [0.15, 0.2) is 48.7 Å². The third-order valence-electron chi connectivity index (χ3n) is 5.54. The Hall–Kier alpha value is -2.62. The van der Waals surface area contributed by atoms with Crippen LogP contribution in [0.2, 0.25) is 0 Å². The summed E-state index contributed by atoms with van der Waals surface area (Å²) < 4.78 is 5.53. The van der Waals surface area contributed by atoms with E-state index >= 15 is 0 Å². The molecule has 3 amide bonds. The Balaban J connectivity index is 1.65. The summed E-state index contributed by atoms with van der Waals surface area (Å²) in [7, 11) is 4.89. The van der Waals surface area contributed by atoms with Gasteiger partial charge in [0.25, 0.3) is 0 Å². The molecule has 158 valence electrons. The maximum absolute atomic E-state index is 13.0. The number of rotatable bonds is 5. The highest BCUT2D eigenvalue weighted by molar-refractivity contribution is 7.99. The minimum Gasteiger partial charge on any atom is -0.496 e. The first-order valence-corrected chi connectivity index (χ1v) is 10.8. The molecule has 0 bridgehead atoms. The normalized spacial score (nSPS) is 26.5. The predicted molar refractivity (Wildman–Crippen MR) is 115 cm³/mol. The highest BCUT2D eigenvalue weighted by Gasteiger charge is 2.51. The molecule has 0 spiro atoms. The number of methoxy groups -OCH3 is 1. The number of imide groups is 1. The number of nitrogens with one attached hydrogen (secondary N) is 2. The zero-order chi connectivity index (χ0) is 21.3. The van der Waals surface area contributed by atoms with E-state index in [1.165, 1.54) is 11.9 Å². The van der Waals surface area contributed by atoms with Crippen LogP contribution < -0.4 is 15.4 Å². The fourth-order valence-corrected chi connectivity index (χ4v) is 5.17. The number of hydrogen-bond acceptors (Lipinski definition) is 7. The van der Waals surface area contributed by atoms with Gasteiger partial charge in [-0.05, 0) is 18.2 Å². The SMILES string of the molecule is COc1ccccc1C1NC(SCc2ccccn2)C2C(=O)N(C)C(=O)N(C)C2N1. The van der Waals surface area contributed by atoms with Gasteiger partial charge in [-0.2, -0.15) is 0 Å². The quantitative estimate of drug-likeness (QED) is 0.755. The minimum absolute atomic E-state index is 0.194. The summed E-state index contributed by atoms with van der Waals surface area (Å²) in [6.45, 7) is 0. The molecule has 4 rings (SSSR count). The number of amides is 3. The second kappa shape index (κ2) is 8.63. The fourth-order valence-electron chi connectivity index (χ4n) is 3.94. The predicted octanol–water partition coefficient (Wildman–Crippen LogP) is 2.01. The van der Waals surface area contributed by atoms with Gasteiger partial charge in [0.15, 0.2) is 0 Å². The van der Waals surface area contributed by atoms with Crippen LogP contribution in [0.3, 0.4) is 0 Å². The molecule has 30 heavy (non-hydrogen) atoms. The van der Waals surface area contributed by atoms with Gasteiger partial charge in [-0.1, -0.05) is 24.3 Å². The molecule has 2 aliphatic heterocycles. The Morgan fingerprint density at radius 3 is 2.60 bits per heavy atom. The molecule has 2 aromatic rings. The zero-order valence-electron chi connectivity index (χ0n) is 17.1. The van der Waals surface area contributed by atoms with Crippen molar-refractivity contribution in [1.29, 1.82) is 0 Å². The fraction of sp³-hybridized carbons (Fsp3) is 0.381. The highest BCUT2D eigenvalue weighted by atomic mass is 32.2. The molecule has 9 heteroatoms. The Labute approximate surface area is 180 Å². The van der Waals surface area contributed by atoms with Gasteiger partial charge in [0.05, 0.1) is 36.4 Å². The molecule has 0 radical (unpaired) electrons. The molecule has 0 aliphatic carbocycles. The smallest absolute Gasteiger partial charge is 0.327 e. The number of urea groups is 1. The van der Waals surface area contributed by atoms with Gasteiger partial charge in [-0.15, -0.1) is 11.8 Å². The number of carbonyl (C=O) groups is 2. The van der Waals surface area contributed by atoms with Gasteiger partial charge in [0.1, 0.15) is 5.75 Å². The summed E-state index contributed by atoms with van der Waals surface area (Å²) in [6.07, 6.45) is 1.05. The number of thioether (sulfide) groups is 1. The maximum atomic E-state index is 13.0. The van der Waals surface area contributed by atoms with E-state index in [2.05, 4.69) is 15.6 Å². The van der Waals surface area contributed by atoms with Crippen LogP contribution in [-0.2, 0) is 10.5 Å².